The van der Waals surface area contributed by atoms with E-state index in [1.54, 1.807) is 30.6 Å². The van der Waals surface area contributed by atoms with Gasteiger partial charge in [0.25, 0.3) is 0 Å². The summed E-state index contributed by atoms with van der Waals surface area (Å²) in [6, 6.07) is 7.83. The molecule has 20 heavy (non-hydrogen) atoms. The molecule has 1 aromatic heterocycles. The highest BCUT2D eigenvalue weighted by molar-refractivity contribution is 5.68. The summed E-state index contributed by atoms with van der Waals surface area (Å²) in [7, 11) is 0. The molecule has 0 saturated carbocycles. The molecule has 2 aromatic rings. The lowest BCUT2D eigenvalue weighted by molar-refractivity contribution is -0.136. The van der Waals surface area contributed by atoms with E-state index >= 15 is 0 Å². The standard InChI is InChI=1S/C15H11FN2O2/c16-14-3-2-11(6-12(14)7-17)13-5-10(8-18-9-13)1-4-15(19)20/h2-3,5-6,8-9H,1,4H2,(H,19,20). The van der Waals surface area contributed by atoms with Crippen molar-refractivity contribution in [3.8, 4) is 17.2 Å². The normalized spacial score (nSPS) is 10.0. The minimum atomic E-state index is -0.871. The van der Waals surface area contributed by atoms with E-state index < -0.39 is 11.8 Å². The summed E-state index contributed by atoms with van der Waals surface area (Å²) in [5.74, 6) is -1.44. The molecule has 2 rings (SSSR count). The van der Waals surface area contributed by atoms with Crippen molar-refractivity contribution >= 4 is 5.97 Å². The average Bonchev–Trinajstić information content (AvgIpc) is 2.46. The number of nitriles is 1. The fraction of sp³-hybridized carbons (Fsp3) is 0.133. The first kappa shape index (κ1) is 13.7. The highest BCUT2D eigenvalue weighted by atomic mass is 19.1. The Hall–Kier alpha value is -2.74. The zero-order chi connectivity index (χ0) is 14.5. The summed E-state index contributed by atoms with van der Waals surface area (Å²) < 4.78 is 13.3. The predicted octanol–water partition coefficient (Wildman–Crippen LogP) is 2.78. The molecule has 0 spiro atoms. The molecule has 4 nitrogen and oxygen atoms in total. The van der Waals surface area contributed by atoms with Gasteiger partial charge in [0.05, 0.1) is 5.56 Å². The summed E-state index contributed by atoms with van der Waals surface area (Å²) >= 11 is 0. The SMILES string of the molecule is N#Cc1cc(-c2cncc(CCC(=O)O)c2)ccc1F. The maximum atomic E-state index is 13.3. The number of benzene rings is 1. The molecule has 1 N–H and O–H groups in total. The van der Waals surface area contributed by atoms with Crippen LogP contribution >= 0.6 is 0 Å². The molecule has 0 unspecified atom stereocenters. The first-order chi connectivity index (χ1) is 9.60. The summed E-state index contributed by atoms with van der Waals surface area (Å²) in [6.45, 7) is 0. The third-order valence-electron chi connectivity index (χ3n) is 2.84. The van der Waals surface area contributed by atoms with E-state index in [0.29, 0.717) is 12.0 Å². The van der Waals surface area contributed by atoms with Crippen molar-refractivity contribution in [1.82, 2.24) is 4.98 Å². The molecule has 0 aliphatic carbocycles. The van der Waals surface area contributed by atoms with Gasteiger partial charge in [-0.25, -0.2) is 4.39 Å². The van der Waals surface area contributed by atoms with E-state index in [0.717, 1.165) is 11.1 Å². The molecule has 0 saturated heterocycles. The number of pyridine rings is 1. The van der Waals surface area contributed by atoms with Gasteiger partial charge in [-0.15, -0.1) is 0 Å². The lowest BCUT2D eigenvalue weighted by Gasteiger charge is -2.05. The molecule has 0 amide bonds. The second-order valence-corrected chi connectivity index (χ2v) is 4.28. The van der Waals surface area contributed by atoms with Crippen LogP contribution in [-0.4, -0.2) is 16.1 Å². The summed E-state index contributed by atoms with van der Waals surface area (Å²) in [4.78, 5) is 14.6. The highest BCUT2D eigenvalue weighted by Gasteiger charge is 2.06. The molecule has 5 heteroatoms. The molecule has 1 aromatic carbocycles. The van der Waals surface area contributed by atoms with E-state index in [1.165, 1.54) is 12.1 Å². The summed E-state index contributed by atoms with van der Waals surface area (Å²) in [6.07, 6.45) is 3.60. The molecule has 0 fully saturated rings. The monoisotopic (exact) mass is 270 g/mol. The van der Waals surface area contributed by atoms with E-state index in [9.17, 15) is 9.18 Å². The number of aryl methyl sites for hydroxylation is 1. The lowest BCUT2D eigenvalue weighted by atomic mass is 10.0. The zero-order valence-electron chi connectivity index (χ0n) is 10.5. The van der Waals surface area contributed by atoms with Gasteiger partial charge in [-0.1, -0.05) is 6.07 Å². The number of rotatable bonds is 4. The predicted molar refractivity (Wildman–Crippen MR) is 70.3 cm³/mol. The maximum absolute atomic E-state index is 13.3. The lowest BCUT2D eigenvalue weighted by Crippen LogP contribution is -1.98. The number of hydrogen-bond donors (Lipinski definition) is 1. The van der Waals surface area contributed by atoms with E-state index in [2.05, 4.69) is 4.98 Å². The Morgan fingerprint density at radius 2 is 2.10 bits per heavy atom. The number of carbonyl (C=O) groups is 1. The highest BCUT2D eigenvalue weighted by Crippen LogP contribution is 2.22. The average molecular weight is 270 g/mol. The van der Waals surface area contributed by atoms with Gasteiger partial charge >= 0.3 is 5.97 Å². The minimum Gasteiger partial charge on any atom is -0.481 e. The molecular weight excluding hydrogens is 259 g/mol. The van der Waals surface area contributed by atoms with Gasteiger partial charge in [0.2, 0.25) is 0 Å². The summed E-state index contributed by atoms with van der Waals surface area (Å²) in [5, 5.41) is 17.5. The Morgan fingerprint density at radius 1 is 1.30 bits per heavy atom. The molecule has 100 valence electrons. The van der Waals surface area contributed by atoms with E-state index in [1.807, 2.05) is 0 Å². The van der Waals surface area contributed by atoms with Gasteiger partial charge in [0, 0.05) is 24.4 Å². The van der Waals surface area contributed by atoms with Gasteiger partial charge in [-0.3, -0.25) is 9.78 Å². The molecule has 0 bridgehead atoms. The van der Waals surface area contributed by atoms with Crippen LogP contribution in [0.3, 0.4) is 0 Å². The smallest absolute Gasteiger partial charge is 0.303 e. The van der Waals surface area contributed by atoms with Crippen LogP contribution < -0.4 is 0 Å². The number of aliphatic carboxylic acids is 1. The van der Waals surface area contributed by atoms with Crippen molar-refractivity contribution in [2.75, 3.05) is 0 Å². The van der Waals surface area contributed by atoms with Gasteiger partial charge < -0.3 is 5.11 Å². The molecule has 0 atom stereocenters. The van der Waals surface area contributed by atoms with Crippen LogP contribution in [-0.2, 0) is 11.2 Å². The molecule has 1 heterocycles. The van der Waals surface area contributed by atoms with Crippen molar-refractivity contribution in [2.45, 2.75) is 12.8 Å². The van der Waals surface area contributed by atoms with E-state index in [4.69, 9.17) is 10.4 Å². The molecular formula is C15H11FN2O2. The number of hydrogen-bond acceptors (Lipinski definition) is 3. The van der Waals surface area contributed by atoms with Gasteiger partial charge in [-0.05, 0) is 35.7 Å². The van der Waals surface area contributed by atoms with Crippen molar-refractivity contribution < 1.29 is 14.3 Å². The Labute approximate surface area is 115 Å². The van der Waals surface area contributed by atoms with Crippen molar-refractivity contribution in [3.05, 3.63) is 53.6 Å². The Bertz CT molecular complexity index is 693. The summed E-state index contributed by atoms with van der Waals surface area (Å²) in [5.41, 5.74) is 2.16. The third-order valence-corrected chi connectivity index (χ3v) is 2.84. The fourth-order valence-electron chi connectivity index (χ4n) is 1.82. The van der Waals surface area contributed by atoms with Crippen LogP contribution in [0.2, 0.25) is 0 Å². The molecule has 0 radical (unpaired) electrons. The maximum Gasteiger partial charge on any atom is 0.303 e. The van der Waals surface area contributed by atoms with Crippen LogP contribution in [0.1, 0.15) is 17.5 Å². The zero-order valence-corrected chi connectivity index (χ0v) is 10.5. The van der Waals surface area contributed by atoms with Crippen LogP contribution in [0.5, 0.6) is 0 Å². The second-order valence-electron chi connectivity index (χ2n) is 4.28. The quantitative estimate of drug-likeness (QED) is 0.927. The minimum absolute atomic E-state index is 0.0258. The van der Waals surface area contributed by atoms with Crippen molar-refractivity contribution in [2.24, 2.45) is 0 Å². The Balaban J connectivity index is 2.31. The van der Waals surface area contributed by atoms with Crippen LogP contribution in [0.15, 0.2) is 36.7 Å². The molecule has 0 aliphatic heterocycles. The fourth-order valence-corrected chi connectivity index (χ4v) is 1.82. The van der Waals surface area contributed by atoms with Crippen molar-refractivity contribution in [1.29, 1.82) is 5.26 Å². The number of nitrogens with zero attached hydrogens (tertiary/aromatic N) is 2. The van der Waals surface area contributed by atoms with Gasteiger partial charge in [-0.2, -0.15) is 5.26 Å². The topological polar surface area (TPSA) is 74.0 Å². The van der Waals surface area contributed by atoms with Crippen LogP contribution in [0.4, 0.5) is 4.39 Å². The molecule has 0 aliphatic rings. The number of halogens is 1. The number of carboxylic acid groups (broad SMARTS) is 1. The number of carboxylic acids is 1. The Morgan fingerprint density at radius 3 is 2.80 bits per heavy atom. The largest absolute Gasteiger partial charge is 0.481 e. The van der Waals surface area contributed by atoms with Crippen LogP contribution in [0, 0.1) is 17.1 Å². The van der Waals surface area contributed by atoms with E-state index in [-0.39, 0.29) is 12.0 Å². The first-order valence-corrected chi connectivity index (χ1v) is 5.96. The first-order valence-electron chi connectivity index (χ1n) is 5.96. The Kier molecular flexibility index (Phi) is 4.06. The third kappa shape index (κ3) is 3.18. The van der Waals surface area contributed by atoms with Crippen molar-refractivity contribution in [3.63, 3.8) is 0 Å². The van der Waals surface area contributed by atoms with Crippen LogP contribution in [0.25, 0.3) is 11.1 Å². The number of aromatic nitrogens is 1. The second kappa shape index (κ2) is 5.93. The van der Waals surface area contributed by atoms with Gasteiger partial charge in [0.1, 0.15) is 11.9 Å². The van der Waals surface area contributed by atoms with Gasteiger partial charge in [0.15, 0.2) is 0 Å².